The van der Waals surface area contributed by atoms with Crippen LogP contribution >= 0.6 is 0 Å². The van der Waals surface area contributed by atoms with Crippen molar-refractivity contribution in [2.24, 2.45) is 10.7 Å². The highest BCUT2D eigenvalue weighted by molar-refractivity contribution is 5.81. The van der Waals surface area contributed by atoms with Crippen LogP contribution in [0.15, 0.2) is 53.5 Å². The molecule has 24 heavy (non-hydrogen) atoms. The summed E-state index contributed by atoms with van der Waals surface area (Å²) >= 11 is 0. The second kappa shape index (κ2) is 5.86. The van der Waals surface area contributed by atoms with Gasteiger partial charge in [0.05, 0.1) is 19.2 Å². The van der Waals surface area contributed by atoms with Crippen molar-refractivity contribution in [3.8, 4) is 5.75 Å². The van der Waals surface area contributed by atoms with Gasteiger partial charge in [0.1, 0.15) is 5.75 Å². The Morgan fingerprint density at radius 3 is 2.83 bits per heavy atom. The van der Waals surface area contributed by atoms with Crippen LogP contribution in [0.25, 0.3) is 0 Å². The summed E-state index contributed by atoms with van der Waals surface area (Å²) in [6, 6.07) is 16.9. The molecule has 0 radical (unpaired) electrons. The van der Waals surface area contributed by atoms with Crippen molar-refractivity contribution in [3.63, 3.8) is 0 Å². The summed E-state index contributed by atoms with van der Waals surface area (Å²) in [5.74, 6) is 1.55. The Balaban J connectivity index is 1.77. The maximum absolute atomic E-state index is 6.30. The largest absolute Gasteiger partial charge is 0.497 e. The van der Waals surface area contributed by atoms with Crippen molar-refractivity contribution in [1.29, 1.82) is 0 Å². The second-order valence-corrected chi connectivity index (χ2v) is 6.65. The van der Waals surface area contributed by atoms with Gasteiger partial charge in [-0.1, -0.05) is 36.4 Å². The summed E-state index contributed by atoms with van der Waals surface area (Å²) in [5, 5.41) is 0. The molecule has 2 aliphatic rings. The fourth-order valence-corrected chi connectivity index (χ4v) is 4.08. The Kier molecular flexibility index (Phi) is 3.68. The van der Waals surface area contributed by atoms with E-state index in [4.69, 9.17) is 10.5 Å². The molecule has 0 amide bonds. The molecule has 4 nitrogen and oxygen atoms in total. The van der Waals surface area contributed by atoms with E-state index < -0.39 is 0 Å². The molecule has 4 rings (SSSR count). The van der Waals surface area contributed by atoms with E-state index >= 15 is 0 Å². The summed E-state index contributed by atoms with van der Waals surface area (Å²) in [4.78, 5) is 6.92. The van der Waals surface area contributed by atoms with Gasteiger partial charge in [-0.05, 0) is 48.1 Å². The van der Waals surface area contributed by atoms with E-state index in [9.17, 15) is 0 Å². The van der Waals surface area contributed by atoms with Gasteiger partial charge < -0.3 is 15.4 Å². The Morgan fingerprint density at radius 1 is 1.21 bits per heavy atom. The summed E-state index contributed by atoms with van der Waals surface area (Å²) in [5.41, 5.74) is 10.1. The minimum atomic E-state index is -0.137. The maximum atomic E-state index is 6.30. The van der Waals surface area contributed by atoms with Crippen molar-refractivity contribution >= 4 is 5.96 Å². The highest BCUT2D eigenvalue weighted by Gasteiger charge is 2.46. The fourth-order valence-electron chi connectivity index (χ4n) is 4.08. The van der Waals surface area contributed by atoms with Gasteiger partial charge in [0.25, 0.3) is 0 Å². The van der Waals surface area contributed by atoms with Gasteiger partial charge >= 0.3 is 0 Å². The first-order chi connectivity index (χ1) is 11.7. The first kappa shape index (κ1) is 15.1. The third kappa shape index (κ3) is 2.33. The number of methoxy groups -OCH3 is 1. The van der Waals surface area contributed by atoms with Gasteiger partial charge in [-0.2, -0.15) is 0 Å². The lowest BCUT2D eigenvalue weighted by atomic mass is 9.75. The Bertz CT molecular complexity index is 772. The Morgan fingerprint density at radius 2 is 2.04 bits per heavy atom. The minimum Gasteiger partial charge on any atom is -0.497 e. The van der Waals surface area contributed by atoms with E-state index in [0.29, 0.717) is 5.96 Å². The van der Waals surface area contributed by atoms with E-state index in [1.807, 2.05) is 6.07 Å². The van der Waals surface area contributed by atoms with Crippen molar-refractivity contribution < 1.29 is 4.74 Å². The zero-order chi connectivity index (χ0) is 16.6. The molecular weight excluding hydrogens is 298 g/mol. The number of guanidine groups is 1. The predicted octanol–water partition coefficient (Wildman–Crippen LogP) is 3.06. The second-order valence-electron chi connectivity index (χ2n) is 6.65. The molecule has 1 heterocycles. The maximum Gasteiger partial charge on any atom is 0.192 e. The van der Waals surface area contributed by atoms with Crippen molar-refractivity contribution in [2.75, 3.05) is 13.7 Å². The quantitative estimate of drug-likeness (QED) is 0.945. The standard InChI is InChI=1S/C20H23N3O/c1-24-17-10-9-16-8-5-11-20(18(16)12-17)14-22-19(21)23(20)13-15-6-3-2-4-7-15/h2-4,6-7,9-10,12H,5,8,11,13-14H2,1H3,(H2,21,22). The molecule has 0 fully saturated rings. The normalized spacial score (nSPS) is 22.4. The molecule has 124 valence electrons. The number of nitrogens with zero attached hydrogens (tertiary/aromatic N) is 2. The number of fused-ring (bicyclic) bond motifs is 2. The topological polar surface area (TPSA) is 50.9 Å². The predicted molar refractivity (Wildman–Crippen MR) is 96.1 cm³/mol. The van der Waals surface area contributed by atoms with Gasteiger partial charge in [-0.25, -0.2) is 0 Å². The molecule has 0 aromatic heterocycles. The summed E-state index contributed by atoms with van der Waals surface area (Å²) in [6.45, 7) is 1.51. The highest BCUT2D eigenvalue weighted by atomic mass is 16.5. The molecule has 1 aliphatic heterocycles. The number of rotatable bonds is 3. The van der Waals surface area contributed by atoms with E-state index in [2.05, 4.69) is 52.4 Å². The van der Waals surface area contributed by atoms with Gasteiger partial charge in [0, 0.05) is 6.54 Å². The summed E-state index contributed by atoms with van der Waals surface area (Å²) < 4.78 is 5.48. The molecule has 0 bridgehead atoms. The third-order valence-corrected chi connectivity index (χ3v) is 5.33. The highest BCUT2D eigenvalue weighted by Crippen LogP contribution is 2.44. The first-order valence-corrected chi connectivity index (χ1v) is 8.52. The van der Waals surface area contributed by atoms with E-state index in [-0.39, 0.29) is 5.54 Å². The van der Waals surface area contributed by atoms with E-state index in [0.717, 1.165) is 38.1 Å². The molecule has 0 saturated heterocycles. The molecular formula is C20H23N3O. The molecule has 1 spiro atoms. The summed E-state index contributed by atoms with van der Waals surface area (Å²) in [7, 11) is 1.72. The van der Waals surface area contributed by atoms with Crippen LogP contribution in [0.1, 0.15) is 29.5 Å². The smallest absolute Gasteiger partial charge is 0.192 e. The Labute approximate surface area is 143 Å². The number of benzene rings is 2. The monoisotopic (exact) mass is 321 g/mol. The molecule has 1 atom stereocenters. The van der Waals surface area contributed by atoms with E-state index in [1.165, 1.54) is 16.7 Å². The van der Waals surface area contributed by atoms with Crippen LogP contribution in [0.3, 0.4) is 0 Å². The van der Waals surface area contributed by atoms with Gasteiger partial charge in [0.2, 0.25) is 0 Å². The third-order valence-electron chi connectivity index (χ3n) is 5.33. The molecule has 2 aromatic rings. The molecule has 2 N–H and O–H groups in total. The number of ether oxygens (including phenoxy) is 1. The molecule has 0 saturated carbocycles. The lowest BCUT2D eigenvalue weighted by Gasteiger charge is -2.43. The lowest BCUT2D eigenvalue weighted by molar-refractivity contribution is 0.165. The molecule has 2 aromatic carbocycles. The van der Waals surface area contributed by atoms with E-state index in [1.54, 1.807) is 7.11 Å². The average molecular weight is 321 g/mol. The number of hydrogen-bond donors (Lipinski definition) is 1. The van der Waals surface area contributed by atoms with Crippen LogP contribution in [-0.4, -0.2) is 24.5 Å². The van der Waals surface area contributed by atoms with Crippen LogP contribution in [0.5, 0.6) is 5.75 Å². The zero-order valence-electron chi connectivity index (χ0n) is 14.0. The minimum absolute atomic E-state index is 0.137. The number of hydrogen-bond acceptors (Lipinski definition) is 4. The first-order valence-electron chi connectivity index (χ1n) is 8.52. The van der Waals surface area contributed by atoms with Crippen LogP contribution in [0.2, 0.25) is 0 Å². The fraction of sp³-hybridized carbons (Fsp3) is 0.350. The lowest BCUT2D eigenvalue weighted by Crippen LogP contribution is -2.50. The molecule has 4 heteroatoms. The van der Waals surface area contributed by atoms with Crippen molar-refractivity contribution in [3.05, 3.63) is 65.2 Å². The molecule has 1 aliphatic carbocycles. The molecule has 1 unspecified atom stereocenters. The van der Waals surface area contributed by atoms with Crippen LogP contribution in [0, 0.1) is 0 Å². The van der Waals surface area contributed by atoms with Crippen LogP contribution < -0.4 is 10.5 Å². The van der Waals surface area contributed by atoms with Gasteiger partial charge in [-0.15, -0.1) is 0 Å². The van der Waals surface area contributed by atoms with Crippen LogP contribution in [0.4, 0.5) is 0 Å². The number of nitrogens with two attached hydrogens (primary N) is 1. The Hall–Kier alpha value is -2.49. The number of aliphatic imine (C=N–C) groups is 1. The van der Waals surface area contributed by atoms with Gasteiger partial charge in [0.15, 0.2) is 5.96 Å². The SMILES string of the molecule is COc1ccc2c(c1)C1(CCC2)CN=C(N)N1Cc1ccccc1. The zero-order valence-corrected chi connectivity index (χ0v) is 14.0. The van der Waals surface area contributed by atoms with Crippen molar-refractivity contribution in [1.82, 2.24) is 4.90 Å². The van der Waals surface area contributed by atoms with Crippen LogP contribution in [-0.2, 0) is 18.5 Å². The summed E-state index contributed by atoms with van der Waals surface area (Å²) in [6.07, 6.45) is 3.35. The number of aryl methyl sites for hydroxylation is 1. The van der Waals surface area contributed by atoms with Crippen molar-refractivity contribution in [2.45, 2.75) is 31.3 Å². The average Bonchev–Trinajstić information content (AvgIpc) is 2.93. The van der Waals surface area contributed by atoms with Gasteiger partial charge in [-0.3, -0.25) is 4.99 Å².